The number of hydrogen-bond donors (Lipinski definition) is 2. The Morgan fingerprint density at radius 3 is 2.86 bits per heavy atom. The van der Waals surface area contributed by atoms with Gasteiger partial charge in [0, 0.05) is 19.1 Å². The Hall–Kier alpha value is -2.41. The highest BCUT2D eigenvalue weighted by Crippen LogP contribution is 2.25. The minimum atomic E-state index is -0.332. The van der Waals surface area contributed by atoms with Crippen molar-refractivity contribution in [1.29, 1.82) is 0 Å². The van der Waals surface area contributed by atoms with Crippen LogP contribution in [0, 0.1) is 6.92 Å². The van der Waals surface area contributed by atoms with E-state index in [1.165, 1.54) is 0 Å². The van der Waals surface area contributed by atoms with Crippen LogP contribution in [0.2, 0.25) is 0 Å². The van der Waals surface area contributed by atoms with Gasteiger partial charge in [-0.15, -0.1) is 0 Å². The van der Waals surface area contributed by atoms with Crippen LogP contribution in [0.25, 0.3) is 11.4 Å². The predicted molar refractivity (Wildman–Crippen MR) is 80.5 cm³/mol. The van der Waals surface area contributed by atoms with Crippen molar-refractivity contribution in [3.05, 3.63) is 30.2 Å². The van der Waals surface area contributed by atoms with Gasteiger partial charge in [-0.25, -0.2) is 4.79 Å². The van der Waals surface area contributed by atoms with E-state index in [1.807, 2.05) is 25.1 Å². The molecule has 0 aliphatic carbocycles. The molecule has 1 aliphatic rings. The molecule has 116 valence electrons. The van der Waals surface area contributed by atoms with Crippen molar-refractivity contribution in [3.63, 3.8) is 0 Å². The molecule has 1 aliphatic heterocycles. The van der Waals surface area contributed by atoms with E-state index in [2.05, 4.69) is 20.8 Å². The summed E-state index contributed by atoms with van der Waals surface area (Å²) in [5, 5.41) is 9.68. The minimum Gasteiger partial charge on any atom is -0.379 e. The monoisotopic (exact) mass is 302 g/mol. The van der Waals surface area contributed by atoms with Gasteiger partial charge in [-0.05, 0) is 25.5 Å². The SMILES string of the molecule is Cc1nc(-c2ccccc2NC(=O)NC2(C)CCOC2)no1. The first-order valence-corrected chi connectivity index (χ1v) is 7.12. The molecule has 0 bridgehead atoms. The Morgan fingerprint density at radius 2 is 2.18 bits per heavy atom. The molecule has 1 atom stereocenters. The molecule has 7 heteroatoms. The molecule has 1 aromatic carbocycles. The summed E-state index contributed by atoms with van der Waals surface area (Å²) in [7, 11) is 0. The van der Waals surface area contributed by atoms with E-state index in [9.17, 15) is 4.79 Å². The topological polar surface area (TPSA) is 89.3 Å². The lowest BCUT2D eigenvalue weighted by molar-refractivity contribution is 0.172. The zero-order valence-corrected chi connectivity index (χ0v) is 12.5. The van der Waals surface area contributed by atoms with Crippen LogP contribution in [0.4, 0.5) is 10.5 Å². The smallest absolute Gasteiger partial charge is 0.319 e. The number of amides is 2. The van der Waals surface area contributed by atoms with Gasteiger partial charge < -0.3 is 19.9 Å². The van der Waals surface area contributed by atoms with Crippen molar-refractivity contribution < 1.29 is 14.1 Å². The van der Waals surface area contributed by atoms with E-state index in [0.717, 1.165) is 6.42 Å². The molecule has 2 heterocycles. The molecule has 2 amide bonds. The number of anilines is 1. The largest absolute Gasteiger partial charge is 0.379 e. The number of aryl methyl sites for hydroxylation is 1. The van der Waals surface area contributed by atoms with E-state index in [4.69, 9.17) is 9.26 Å². The van der Waals surface area contributed by atoms with Crippen molar-refractivity contribution >= 4 is 11.7 Å². The number of hydrogen-bond acceptors (Lipinski definition) is 5. The summed E-state index contributed by atoms with van der Waals surface area (Å²) in [4.78, 5) is 16.4. The molecule has 1 fully saturated rings. The fourth-order valence-electron chi connectivity index (χ4n) is 2.39. The molecule has 0 spiro atoms. The van der Waals surface area contributed by atoms with E-state index in [-0.39, 0.29) is 11.6 Å². The number of aromatic nitrogens is 2. The normalized spacial score (nSPS) is 20.8. The number of rotatable bonds is 3. The average Bonchev–Trinajstić information content (AvgIpc) is 3.08. The van der Waals surface area contributed by atoms with Crippen molar-refractivity contribution in [3.8, 4) is 11.4 Å². The number of nitrogens with one attached hydrogen (secondary N) is 2. The summed E-state index contributed by atoms with van der Waals surface area (Å²) in [6, 6.07) is 7.05. The molecule has 2 aromatic rings. The molecular weight excluding hydrogens is 284 g/mol. The fourth-order valence-corrected chi connectivity index (χ4v) is 2.39. The van der Waals surface area contributed by atoms with Gasteiger partial charge in [-0.2, -0.15) is 4.98 Å². The predicted octanol–water partition coefficient (Wildman–Crippen LogP) is 2.35. The number of ether oxygens (including phenoxy) is 1. The van der Waals surface area contributed by atoms with E-state index in [0.29, 0.717) is 36.2 Å². The number of urea groups is 1. The second kappa shape index (κ2) is 5.76. The molecule has 1 unspecified atom stereocenters. The number of carbonyl (C=O) groups is 1. The van der Waals surface area contributed by atoms with Crippen LogP contribution < -0.4 is 10.6 Å². The van der Waals surface area contributed by atoms with Gasteiger partial charge in [0.2, 0.25) is 11.7 Å². The fraction of sp³-hybridized carbons (Fsp3) is 0.400. The van der Waals surface area contributed by atoms with Gasteiger partial charge in [0.15, 0.2) is 0 Å². The molecule has 7 nitrogen and oxygen atoms in total. The standard InChI is InChI=1S/C15H18N4O3/c1-10-16-13(19-22-10)11-5-3-4-6-12(11)17-14(20)18-15(2)7-8-21-9-15/h3-6H,7-9H2,1-2H3,(H2,17,18,20). The van der Waals surface area contributed by atoms with Crippen LogP contribution >= 0.6 is 0 Å². The highest BCUT2D eigenvalue weighted by atomic mass is 16.5. The summed E-state index contributed by atoms with van der Waals surface area (Å²) < 4.78 is 10.3. The number of benzene rings is 1. The third kappa shape index (κ3) is 3.09. The van der Waals surface area contributed by atoms with Crippen LogP contribution in [-0.4, -0.2) is 34.9 Å². The van der Waals surface area contributed by atoms with E-state index in [1.54, 1.807) is 13.0 Å². The molecule has 1 aromatic heterocycles. The lowest BCUT2D eigenvalue weighted by atomic mass is 10.0. The minimum absolute atomic E-state index is 0.277. The molecule has 22 heavy (non-hydrogen) atoms. The Labute approximate surface area is 128 Å². The van der Waals surface area contributed by atoms with Gasteiger partial charge in [0.1, 0.15) is 0 Å². The zero-order chi connectivity index (χ0) is 15.6. The van der Waals surface area contributed by atoms with Crippen LogP contribution in [-0.2, 0) is 4.74 Å². The summed E-state index contributed by atoms with van der Waals surface area (Å²) >= 11 is 0. The number of carbonyl (C=O) groups excluding carboxylic acids is 1. The summed E-state index contributed by atoms with van der Waals surface area (Å²) in [6.07, 6.45) is 0.798. The summed E-state index contributed by atoms with van der Waals surface area (Å²) in [5.41, 5.74) is 1.01. The Kier molecular flexibility index (Phi) is 3.81. The lowest BCUT2D eigenvalue weighted by Gasteiger charge is -2.23. The van der Waals surface area contributed by atoms with Crippen molar-refractivity contribution in [1.82, 2.24) is 15.5 Å². The molecule has 0 saturated carbocycles. The van der Waals surface area contributed by atoms with Crippen LogP contribution in [0.5, 0.6) is 0 Å². The zero-order valence-electron chi connectivity index (χ0n) is 12.5. The van der Waals surface area contributed by atoms with E-state index >= 15 is 0 Å². The molecule has 2 N–H and O–H groups in total. The second-order valence-electron chi connectivity index (χ2n) is 5.62. The maximum atomic E-state index is 12.2. The van der Waals surface area contributed by atoms with Crippen LogP contribution in [0.3, 0.4) is 0 Å². The van der Waals surface area contributed by atoms with Crippen LogP contribution in [0.15, 0.2) is 28.8 Å². The Morgan fingerprint density at radius 1 is 1.36 bits per heavy atom. The molecule has 1 saturated heterocycles. The van der Waals surface area contributed by atoms with Crippen molar-refractivity contribution in [2.75, 3.05) is 18.5 Å². The maximum absolute atomic E-state index is 12.2. The van der Waals surface area contributed by atoms with Crippen LogP contribution in [0.1, 0.15) is 19.2 Å². The van der Waals surface area contributed by atoms with Crippen molar-refractivity contribution in [2.24, 2.45) is 0 Å². The Balaban J connectivity index is 1.76. The van der Waals surface area contributed by atoms with Gasteiger partial charge in [0.05, 0.1) is 17.8 Å². The third-order valence-electron chi connectivity index (χ3n) is 3.58. The first-order chi connectivity index (χ1) is 10.6. The summed E-state index contributed by atoms with van der Waals surface area (Å²) in [5.74, 6) is 0.925. The van der Waals surface area contributed by atoms with Gasteiger partial charge in [0.25, 0.3) is 0 Å². The van der Waals surface area contributed by atoms with Gasteiger partial charge in [-0.1, -0.05) is 17.3 Å². The quantitative estimate of drug-likeness (QED) is 0.908. The first-order valence-electron chi connectivity index (χ1n) is 7.12. The van der Waals surface area contributed by atoms with Gasteiger partial charge >= 0.3 is 6.03 Å². The Bertz CT molecular complexity index is 677. The molecular formula is C15H18N4O3. The second-order valence-corrected chi connectivity index (χ2v) is 5.62. The third-order valence-corrected chi connectivity index (χ3v) is 3.58. The lowest BCUT2D eigenvalue weighted by Crippen LogP contribution is -2.48. The maximum Gasteiger partial charge on any atom is 0.319 e. The highest BCUT2D eigenvalue weighted by Gasteiger charge is 2.31. The molecule has 3 rings (SSSR count). The van der Waals surface area contributed by atoms with E-state index < -0.39 is 0 Å². The number of nitrogens with zero attached hydrogens (tertiary/aromatic N) is 2. The van der Waals surface area contributed by atoms with Gasteiger partial charge in [-0.3, -0.25) is 0 Å². The highest BCUT2D eigenvalue weighted by molar-refractivity contribution is 5.94. The average molecular weight is 302 g/mol. The first kappa shape index (κ1) is 14.5. The van der Waals surface area contributed by atoms with Crippen molar-refractivity contribution in [2.45, 2.75) is 25.8 Å². The molecule has 0 radical (unpaired) electrons. The summed E-state index contributed by atoms with van der Waals surface area (Å²) in [6.45, 7) is 4.87. The number of para-hydroxylation sites is 1.